The lowest BCUT2D eigenvalue weighted by molar-refractivity contribution is -0.119. The molecule has 94 valence electrons. The van der Waals surface area contributed by atoms with Gasteiger partial charge in [0.2, 0.25) is 5.91 Å². The van der Waals surface area contributed by atoms with Gasteiger partial charge in [-0.15, -0.1) is 0 Å². The van der Waals surface area contributed by atoms with Crippen LogP contribution in [0.3, 0.4) is 0 Å². The zero-order chi connectivity index (χ0) is 12.0. The Bertz CT molecular complexity index is 212. The number of carbonyl (C=O) groups is 1. The van der Waals surface area contributed by atoms with Crippen LogP contribution in [-0.2, 0) is 4.79 Å². The van der Waals surface area contributed by atoms with Gasteiger partial charge in [0.25, 0.3) is 0 Å². The van der Waals surface area contributed by atoms with Crippen LogP contribution in [0.25, 0.3) is 0 Å². The molecule has 1 heterocycles. The molecule has 1 aliphatic rings. The summed E-state index contributed by atoms with van der Waals surface area (Å²) >= 11 is 0. The smallest absolute Gasteiger partial charge is 0.231 e. The molecule has 1 amide bonds. The quantitative estimate of drug-likeness (QED) is 0.703. The van der Waals surface area contributed by atoms with E-state index in [1.807, 2.05) is 0 Å². The van der Waals surface area contributed by atoms with E-state index in [4.69, 9.17) is 5.73 Å². The van der Waals surface area contributed by atoms with Crippen LogP contribution in [0.1, 0.15) is 39.5 Å². The molecule has 1 fully saturated rings. The molecule has 1 saturated heterocycles. The lowest BCUT2D eigenvalue weighted by atomic mass is 10.0. The monoisotopic (exact) mass is 227 g/mol. The van der Waals surface area contributed by atoms with Crippen LogP contribution in [-0.4, -0.2) is 42.5 Å². The Morgan fingerprint density at radius 3 is 2.75 bits per heavy atom. The second kappa shape index (κ2) is 6.86. The zero-order valence-corrected chi connectivity index (χ0v) is 10.5. The molecule has 16 heavy (non-hydrogen) atoms. The average Bonchev–Trinajstić information content (AvgIpc) is 2.25. The van der Waals surface area contributed by atoms with Crippen molar-refractivity contribution in [3.8, 4) is 0 Å². The number of amides is 1. The molecule has 0 spiro atoms. The number of primary amides is 1. The van der Waals surface area contributed by atoms with Gasteiger partial charge >= 0.3 is 0 Å². The van der Waals surface area contributed by atoms with Crippen molar-refractivity contribution in [3.05, 3.63) is 0 Å². The first-order valence-corrected chi connectivity index (χ1v) is 6.39. The highest BCUT2D eigenvalue weighted by atomic mass is 16.1. The highest BCUT2D eigenvalue weighted by molar-refractivity contribution is 5.75. The first kappa shape index (κ1) is 13.5. The molecule has 0 radical (unpaired) electrons. The highest BCUT2D eigenvalue weighted by Gasteiger charge is 2.23. The van der Waals surface area contributed by atoms with Crippen LogP contribution in [0.2, 0.25) is 0 Å². The van der Waals surface area contributed by atoms with E-state index in [-0.39, 0.29) is 5.91 Å². The van der Waals surface area contributed by atoms with Crippen molar-refractivity contribution in [2.75, 3.05) is 19.6 Å². The van der Waals surface area contributed by atoms with E-state index in [0.29, 0.717) is 18.6 Å². The largest absolute Gasteiger partial charge is 0.369 e. The minimum atomic E-state index is -0.213. The predicted molar refractivity (Wildman–Crippen MR) is 66.2 cm³/mol. The van der Waals surface area contributed by atoms with Crippen molar-refractivity contribution in [2.45, 2.75) is 51.6 Å². The van der Waals surface area contributed by atoms with Crippen LogP contribution >= 0.6 is 0 Å². The standard InChI is InChI=1S/C12H25N3O/c1-3-4-7-15(9-12(13)16)11-6-5-10(2)14-8-11/h10-11,14H,3-9H2,1-2H3,(H2,13,16). The molecule has 0 aromatic carbocycles. The van der Waals surface area contributed by atoms with E-state index in [1.54, 1.807) is 0 Å². The summed E-state index contributed by atoms with van der Waals surface area (Å²) in [5, 5.41) is 3.47. The average molecular weight is 227 g/mol. The molecule has 4 heteroatoms. The van der Waals surface area contributed by atoms with Gasteiger partial charge in [0.05, 0.1) is 6.54 Å². The predicted octanol–water partition coefficient (Wildman–Crippen LogP) is 0.714. The van der Waals surface area contributed by atoms with Crippen LogP contribution in [0.4, 0.5) is 0 Å². The van der Waals surface area contributed by atoms with E-state index in [1.165, 1.54) is 12.8 Å². The number of carbonyl (C=O) groups excluding carboxylic acids is 1. The maximum atomic E-state index is 11.0. The summed E-state index contributed by atoms with van der Waals surface area (Å²) in [5.41, 5.74) is 5.30. The third-order valence-electron chi connectivity index (χ3n) is 3.31. The highest BCUT2D eigenvalue weighted by Crippen LogP contribution is 2.14. The fraction of sp³-hybridized carbons (Fsp3) is 0.917. The summed E-state index contributed by atoms with van der Waals surface area (Å²) in [4.78, 5) is 13.3. The zero-order valence-electron chi connectivity index (χ0n) is 10.5. The second-order valence-corrected chi connectivity index (χ2v) is 4.83. The molecule has 3 N–H and O–H groups in total. The third kappa shape index (κ3) is 4.49. The Balaban J connectivity index is 2.43. The lowest BCUT2D eigenvalue weighted by Crippen LogP contribution is -2.51. The molecule has 2 unspecified atom stereocenters. The second-order valence-electron chi connectivity index (χ2n) is 4.83. The minimum absolute atomic E-state index is 0.213. The minimum Gasteiger partial charge on any atom is -0.369 e. The fourth-order valence-corrected chi connectivity index (χ4v) is 2.25. The number of unbranched alkanes of at least 4 members (excludes halogenated alkanes) is 1. The maximum Gasteiger partial charge on any atom is 0.231 e. The number of nitrogens with one attached hydrogen (secondary N) is 1. The van der Waals surface area contributed by atoms with E-state index in [0.717, 1.165) is 25.9 Å². The van der Waals surface area contributed by atoms with Gasteiger partial charge in [-0.25, -0.2) is 0 Å². The number of nitrogens with zero attached hydrogens (tertiary/aromatic N) is 1. The molecule has 0 bridgehead atoms. The molecule has 0 aliphatic carbocycles. The Kier molecular flexibility index (Phi) is 5.77. The van der Waals surface area contributed by atoms with Crippen molar-refractivity contribution in [2.24, 2.45) is 5.73 Å². The van der Waals surface area contributed by atoms with Crippen LogP contribution in [0.5, 0.6) is 0 Å². The van der Waals surface area contributed by atoms with Gasteiger partial charge < -0.3 is 11.1 Å². The molecule has 2 atom stereocenters. The molecule has 4 nitrogen and oxygen atoms in total. The number of hydrogen-bond donors (Lipinski definition) is 2. The summed E-state index contributed by atoms with van der Waals surface area (Å²) in [6.07, 6.45) is 4.66. The van der Waals surface area contributed by atoms with Crippen LogP contribution in [0, 0.1) is 0 Å². The Hall–Kier alpha value is -0.610. The van der Waals surface area contributed by atoms with Gasteiger partial charge in [-0.2, -0.15) is 0 Å². The Labute approximate surface area is 98.6 Å². The van der Waals surface area contributed by atoms with Crippen molar-refractivity contribution < 1.29 is 4.79 Å². The first-order valence-electron chi connectivity index (χ1n) is 6.39. The summed E-state index contributed by atoms with van der Waals surface area (Å²) in [5.74, 6) is -0.213. The van der Waals surface area contributed by atoms with E-state index >= 15 is 0 Å². The third-order valence-corrected chi connectivity index (χ3v) is 3.31. The topological polar surface area (TPSA) is 58.4 Å². The van der Waals surface area contributed by atoms with Gasteiger partial charge in [0, 0.05) is 18.6 Å². The van der Waals surface area contributed by atoms with Crippen molar-refractivity contribution in [3.63, 3.8) is 0 Å². The Morgan fingerprint density at radius 1 is 1.50 bits per heavy atom. The number of rotatable bonds is 6. The van der Waals surface area contributed by atoms with Gasteiger partial charge in [-0.3, -0.25) is 9.69 Å². The molecular weight excluding hydrogens is 202 g/mol. The van der Waals surface area contributed by atoms with Crippen molar-refractivity contribution in [1.29, 1.82) is 0 Å². The molecular formula is C12H25N3O. The van der Waals surface area contributed by atoms with Gasteiger partial charge in [0.15, 0.2) is 0 Å². The maximum absolute atomic E-state index is 11.0. The van der Waals surface area contributed by atoms with Crippen LogP contribution in [0.15, 0.2) is 0 Å². The van der Waals surface area contributed by atoms with Crippen LogP contribution < -0.4 is 11.1 Å². The first-order chi connectivity index (χ1) is 7.63. The van der Waals surface area contributed by atoms with Gasteiger partial charge in [0.1, 0.15) is 0 Å². The molecule has 1 rings (SSSR count). The van der Waals surface area contributed by atoms with E-state index < -0.39 is 0 Å². The lowest BCUT2D eigenvalue weighted by Gasteiger charge is -2.36. The molecule has 0 aromatic rings. The van der Waals surface area contributed by atoms with E-state index in [9.17, 15) is 4.79 Å². The molecule has 0 saturated carbocycles. The summed E-state index contributed by atoms with van der Waals surface area (Å²) < 4.78 is 0. The number of hydrogen-bond acceptors (Lipinski definition) is 3. The number of nitrogens with two attached hydrogens (primary N) is 1. The number of piperidine rings is 1. The fourth-order valence-electron chi connectivity index (χ4n) is 2.25. The summed E-state index contributed by atoms with van der Waals surface area (Å²) in [6, 6.07) is 1.09. The Morgan fingerprint density at radius 2 is 2.25 bits per heavy atom. The summed E-state index contributed by atoms with van der Waals surface area (Å²) in [7, 11) is 0. The molecule has 0 aromatic heterocycles. The van der Waals surface area contributed by atoms with Crippen molar-refractivity contribution >= 4 is 5.91 Å². The van der Waals surface area contributed by atoms with Crippen molar-refractivity contribution in [1.82, 2.24) is 10.2 Å². The van der Waals surface area contributed by atoms with Gasteiger partial charge in [-0.1, -0.05) is 13.3 Å². The summed E-state index contributed by atoms with van der Waals surface area (Å²) in [6.45, 7) is 6.75. The normalized spacial score (nSPS) is 25.9. The van der Waals surface area contributed by atoms with E-state index in [2.05, 4.69) is 24.1 Å². The SMILES string of the molecule is CCCCN(CC(N)=O)C1CCC(C)NC1. The molecule has 1 aliphatic heterocycles. The van der Waals surface area contributed by atoms with Gasteiger partial charge in [-0.05, 0) is 32.7 Å².